The van der Waals surface area contributed by atoms with Crippen molar-refractivity contribution in [2.45, 2.75) is 29.8 Å². The lowest BCUT2D eigenvalue weighted by molar-refractivity contribution is -0.307. The van der Waals surface area contributed by atoms with Gasteiger partial charge in [-0.2, -0.15) is 26.3 Å². The second-order valence-corrected chi connectivity index (χ2v) is 5.74. The van der Waals surface area contributed by atoms with Gasteiger partial charge < -0.3 is 4.74 Å². The zero-order valence-corrected chi connectivity index (χ0v) is 11.9. The minimum absolute atomic E-state index is 0.0891. The summed E-state index contributed by atoms with van der Waals surface area (Å²) in [5.41, 5.74) is -0.454. The van der Waals surface area contributed by atoms with Crippen molar-refractivity contribution in [2.75, 3.05) is 5.75 Å². The summed E-state index contributed by atoms with van der Waals surface area (Å²) in [6.45, 7) is 0. The average Bonchev–Trinajstić information content (AvgIpc) is 2.42. The Morgan fingerprint density at radius 2 is 1.74 bits per heavy atom. The lowest BCUT2D eigenvalue weighted by Crippen LogP contribution is -2.45. The summed E-state index contributed by atoms with van der Waals surface area (Å²) < 4.78 is 77.8. The minimum atomic E-state index is -5.78. The number of rotatable bonds is 2. The molecule has 1 aromatic rings. The first kappa shape index (κ1) is 17.6. The third-order valence-electron chi connectivity index (χ3n) is 2.92. The molecular formula is C13H8F6O3S. The maximum Gasteiger partial charge on any atom is 0.434 e. The molecule has 126 valence electrons. The van der Waals surface area contributed by atoms with Gasteiger partial charge in [0, 0.05) is 22.6 Å². The van der Waals surface area contributed by atoms with Crippen molar-refractivity contribution in [3.63, 3.8) is 0 Å². The normalized spacial score (nSPS) is 15.5. The molecule has 2 rings (SSSR count). The monoisotopic (exact) mass is 358 g/mol. The number of halogens is 6. The van der Waals surface area contributed by atoms with Gasteiger partial charge in [-0.1, -0.05) is 0 Å². The van der Waals surface area contributed by atoms with Crippen molar-refractivity contribution >= 4 is 23.5 Å². The number of Topliss-reactive ketones (excluding diaryl/α,β-unsaturated/α-hetero) is 1. The number of fused-ring (bicyclic) bond motifs is 1. The van der Waals surface area contributed by atoms with E-state index in [1.54, 1.807) is 0 Å². The summed E-state index contributed by atoms with van der Waals surface area (Å²) in [5, 5.41) is 0. The number of carbonyl (C=O) groups excluding carboxylic acids is 2. The molecular weight excluding hydrogens is 350 g/mol. The molecule has 0 saturated heterocycles. The Morgan fingerprint density at radius 1 is 1.13 bits per heavy atom. The van der Waals surface area contributed by atoms with E-state index in [1.807, 2.05) is 0 Å². The van der Waals surface area contributed by atoms with Crippen molar-refractivity contribution in [2.24, 2.45) is 0 Å². The second-order valence-electron chi connectivity index (χ2n) is 4.60. The van der Waals surface area contributed by atoms with Crippen LogP contribution < -0.4 is 0 Å². The molecule has 1 aliphatic rings. The van der Waals surface area contributed by atoms with Gasteiger partial charge in [-0.3, -0.25) is 4.79 Å². The number of hydrogen-bond acceptors (Lipinski definition) is 4. The molecule has 1 heterocycles. The van der Waals surface area contributed by atoms with Gasteiger partial charge >= 0.3 is 18.3 Å². The molecule has 0 bridgehead atoms. The maximum absolute atomic E-state index is 12.4. The highest BCUT2D eigenvalue weighted by Gasteiger charge is 2.59. The molecule has 10 heteroatoms. The number of esters is 1. The Labute approximate surface area is 130 Å². The maximum atomic E-state index is 12.4. The highest BCUT2D eigenvalue weighted by atomic mass is 32.2. The van der Waals surface area contributed by atoms with E-state index in [0.717, 1.165) is 12.1 Å². The minimum Gasteiger partial charge on any atom is -0.439 e. The number of thioether (sulfide) groups is 1. The highest BCUT2D eigenvalue weighted by molar-refractivity contribution is 7.99. The number of ether oxygens (including phenoxy) is 1. The predicted octanol–water partition coefficient (Wildman–Crippen LogP) is 4.02. The van der Waals surface area contributed by atoms with E-state index in [9.17, 15) is 35.9 Å². The molecule has 0 unspecified atom stereocenters. The average molecular weight is 358 g/mol. The van der Waals surface area contributed by atoms with E-state index >= 15 is 0 Å². The number of hydrogen-bond donors (Lipinski definition) is 0. The topological polar surface area (TPSA) is 43.4 Å². The van der Waals surface area contributed by atoms with Gasteiger partial charge in [-0.05, 0) is 18.2 Å². The molecule has 0 fully saturated rings. The Bertz CT molecular complexity index is 624. The smallest absolute Gasteiger partial charge is 0.434 e. The van der Waals surface area contributed by atoms with Gasteiger partial charge in [0.05, 0.1) is 5.56 Å². The molecule has 0 N–H and O–H groups in total. The summed E-state index contributed by atoms with van der Waals surface area (Å²) in [7, 11) is 0. The quantitative estimate of drug-likeness (QED) is 0.592. The molecule has 0 amide bonds. The summed E-state index contributed by atoms with van der Waals surface area (Å²) in [6.07, 6.45) is -15.6. The first-order chi connectivity index (χ1) is 10.5. The Hall–Kier alpha value is -1.71. The van der Waals surface area contributed by atoms with E-state index in [2.05, 4.69) is 4.74 Å². The molecule has 0 aromatic heterocycles. The summed E-state index contributed by atoms with van der Waals surface area (Å²) >= 11 is 1.30. The van der Waals surface area contributed by atoms with Gasteiger partial charge in [0.2, 0.25) is 0 Å². The summed E-state index contributed by atoms with van der Waals surface area (Å²) in [6, 6.07) is 3.27. The van der Waals surface area contributed by atoms with E-state index in [4.69, 9.17) is 0 Å². The Kier molecular flexibility index (Phi) is 4.65. The van der Waals surface area contributed by atoms with Crippen LogP contribution in [0.1, 0.15) is 27.1 Å². The molecule has 0 radical (unpaired) electrons. The second kappa shape index (κ2) is 6.06. The van der Waals surface area contributed by atoms with Crippen molar-refractivity contribution in [3.05, 3.63) is 29.3 Å². The molecule has 0 spiro atoms. The first-order valence-electron chi connectivity index (χ1n) is 6.14. The lowest BCUT2D eigenvalue weighted by atomic mass is 10.1. The lowest BCUT2D eigenvalue weighted by Gasteiger charge is -2.23. The molecule has 3 nitrogen and oxygen atoms in total. The zero-order chi connectivity index (χ0) is 17.4. The van der Waals surface area contributed by atoms with Gasteiger partial charge in [0.25, 0.3) is 6.10 Å². The van der Waals surface area contributed by atoms with Gasteiger partial charge in [0.1, 0.15) is 0 Å². The number of carbonyl (C=O) groups is 2. The van der Waals surface area contributed by atoms with Crippen molar-refractivity contribution < 1.29 is 40.7 Å². The molecule has 1 aromatic carbocycles. The van der Waals surface area contributed by atoms with Gasteiger partial charge in [-0.15, -0.1) is 11.8 Å². The van der Waals surface area contributed by atoms with Gasteiger partial charge in [0.15, 0.2) is 5.78 Å². The van der Waals surface area contributed by atoms with Crippen LogP contribution in [-0.2, 0) is 4.74 Å². The van der Waals surface area contributed by atoms with Crippen LogP contribution in [0.4, 0.5) is 26.3 Å². The van der Waals surface area contributed by atoms with Crippen LogP contribution in [0, 0.1) is 0 Å². The Balaban J connectivity index is 2.27. The largest absolute Gasteiger partial charge is 0.439 e. The molecule has 0 saturated carbocycles. The fourth-order valence-corrected chi connectivity index (χ4v) is 2.88. The van der Waals surface area contributed by atoms with Gasteiger partial charge in [-0.25, -0.2) is 4.79 Å². The predicted molar refractivity (Wildman–Crippen MR) is 67.4 cm³/mol. The van der Waals surface area contributed by atoms with Crippen LogP contribution in [-0.4, -0.2) is 36.0 Å². The van der Waals surface area contributed by atoms with Crippen LogP contribution >= 0.6 is 11.8 Å². The molecule has 23 heavy (non-hydrogen) atoms. The van der Waals surface area contributed by atoms with E-state index < -0.39 is 30.0 Å². The van der Waals surface area contributed by atoms with Crippen molar-refractivity contribution in [1.29, 1.82) is 0 Å². The fraction of sp³-hybridized carbons (Fsp3) is 0.385. The number of alkyl halides is 6. The highest BCUT2D eigenvalue weighted by Crippen LogP contribution is 2.36. The van der Waals surface area contributed by atoms with Crippen LogP contribution in [0.2, 0.25) is 0 Å². The van der Waals surface area contributed by atoms with Crippen LogP contribution in [0.25, 0.3) is 0 Å². The molecule has 0 aliphatic carbocycles. The standard InChI is InChI=1S/C13H8F6O3S/c14-12(15,16)11(13(17,18)19)22-10(21)6-1-2-9-7(5-6)8(20)3-4-23-9/h1-2,5,11H,3-4H2. The third kappa shape index (κ3) is 3.98. The van der Waals surface area contributed by atoms with E-state index in [-0.39, 0.29) is 17.8 Å². The fourth-order valence-electron chi connectivity index (χ4n) is 1.88. The first-order valence-corrected chi connectivity index (χ1v) is 7.13. The summed E-state index contributed by atoms with van der Waals surface area (Å²) in [4.78, 5) is 23.8. The summed E-state index contributed by atoms with van der Waals surface area (Å²) in [5.74, 6) is -1.62. The van der Waals surface area contributed by atoms with Crippen molar-refractivity contribution in [3.8, 4) is 0 Å². The Morgan fingerprint density at radius 3 is 2.30 bits per heavy atom. The van der Waals surface area contributed by atoms with E-state index in [0.29, 0.717) is 10.6 Å². The molecule has 1 aliphatic heterocycles. The van der Waals surface area contributed by atoms with Crippen LogP contribution in [0.3, 0.4) is 0 Å². The number of benzene rings is 1. The van der Waals surface area contributed by atoms with E-state index in [1.165, 1.54) is 17.8 Å². The van der Waals surface area contributed by atoms with Crippen LogP contribution in [0.5, 0.6) is 0 Å². The van der Waals surface area contributed by atoms with Crippen molar-refractivity contribution in [1.82, 2.24) is 0 Å². The van der Waals surface area contributed by atoms with Crippen LogP contribution in [0.15, 0.2) is 23.1 Å². The number of ketones is 1. The third-order valence-corrected chi connectivity index (χ3v) is 4.00. The zero-order valence-electron chi connectivity index (χ0n) is 11.1. The SMILES string of the molecule is O=C(OC(C(F)(F)F)C(F)(F)F)c1ccc2c(c1)C(=O)CCS2. The molecule has 0 atom stereocenters.